The highest BCUT2D eigenvalue weighted by molar-refractivity contribution is 5.98. The minimum atomic E-state index is -0.688. The molecule has 1 aromatic carbocycles. The van der Waals surface area contributed by atoms with E-state index in [0.29, 0.717) is 56.0 Å². The van der Waals surface area contributed by atoms with E-state index in [4.69, 9.17) is 9.47 Å². The molecule has 2 heterocycles. The molecule has 8 nitrogen and oxygen atoms in total. The molecule has 0 aliphatic carbocycles. The molecule has 29 heavy (non-hydrogen) atoms. The van der Waals surface area contributed by atoms with Crippen molar-refractivity contribution in [2.45, 2.75) is 32.2 Å². The van der Waals surface area contributed by atoms with E-state index in [-0.39, 0.29) is 30.4 Å². The summed E-state index contributed by atoms with van der Waals surface area (Å²) < 4.78 is 10.6. The Bertz CT molecular complexity index is 787. The van der Waals surface area contributed by atoms with Crippen LogP contribution in [0.25, 0.3) is 0 Å². The third-order valence-electron chi connectivity index (χ3n) is 5.29. The molecule has 0 bridgehead atoms. The van der Waals surface area contributed by atoms with Crippen LogP contribution >= 0.6 is 0 Å². The normalized spacial score (nSPS) is 16.8. The number of hydrogen-bond acceptors (Lipinski definition) is 5. The van der Waals surface area contributed by atoms with E-state index in [2.05, 4.69) is 17.2 Å². The van der Waals surface area contributed by atoms with Gasteiger partial charge in [-0.3, -0.25) is 14.4 Å². The molecule has 8 heteroatoms. The van der Waals surface area contributed by atoms with Crippen LogP contribution in [0.1, 0.15) is 36.5 Å². The van der Waals surface area contributed by atoms with Crippen LogP contribution in [0.15, 0.2) is 30.9 Å². The second-order valence-corrected chi connectivity index (χ2v) is 7.12. The van der Waals surface area contributed by atoms with Crippen molar-refractivity contribution in [1.82, 2.24) is 15.5 Å². The second kappa shape index (κ2) is 9.45. The van der Waals surface area contributed by atoms with Crippen LogP contribution in [-0.2, 0) is 9.59 Å². The summed E-state index contributed by atoms with van der Waals surface area (Å²) in [7, 11) is 0. The van der Waals surface area contributed by atoms with Gasteiger partial charge >= 0.3 is 0 Å². The molecule has 0 saturated carbocycles. The minimum absolute atomic E-state index is 0.0568. The van der Waals surface area contributed by atoms with Crippen molar-refractivity contribution in [3.63, 3.8) is 0 Å². The van der Waals surface area contributed by atoms with Gasteiger partial charge in [-0.1, -0.05) is 13.0 Å². The Morgan fingerprint density at radius 2 is 1.97 bits per heavy atom. The summed E-state index contributed by atoms with van der Waals surface area (Å²) in [4.78, 5) is 39.3. The zero-order chi connectivity index (χ0) is 20.8. The largest absolute Gasteiger partial charge is 0.454 e. The number of nitrogens with zero attached hydrogens (tertiary/aromatic N) is 1. The Morgan fingerprint density at radius 1 is 1.24 bits per heavy atom. The van der Waals surface area contributed by atoms with Crippen molar-refractivity contribution in [1.29, 1.82) is 0 Å². The highest BCUT2D eigenvalue weighted by Gasteiger charge is 2.33. The number of piperidine rings is 1. The van der Waals surface area contributed by atoms with Gasteiger partial charge in [0, 0.05) is 31.6 Å². The number of likely N-dealkylation sites (tertiary alicyclic amines) is 1. The SMILES string of the molecule is C=CCNC(=O)[C@@H](NC(=O)c1ccc2c(c1)OCO2)C1CCN(C(=O)CC)CC1. The Morgan fingerprint density at radius 3 is 2.66 bits per heavy atom. The number of amides is 3. The van der Waals surface area contributed by atoms with E-state index in [1.807, 2.05) is 11.8 Å². The predicted molar refractivity (Wildman–Crippen MR) is 107 cm³/mol. The lowest BCUT2D eigenvalue weighted by molar-refractivity contribution is -0.132. The van der Waals surface area contributed by atoms with E-state index in [0.717, 1.165) is 0 Å². The molecule has 2 aliphatic rings. The summed E-state index contributed by atoms with van der Waals surface area (Å²) in [5.74, 6) is 0.555. The van der Waals surface area contributed by atoms with Gasteiger partial charge in [-0.25, -0.2) is 0 Å². The number of ether oxygens (including phenoxy) is 2. The summed E-state index contributed by atoms with van der Waals surface area (Å²) in [5.41, 5.74) is 0.398. The summed E-state index contributed by atoms with van der Waals surface area (Å²) in [6, 6.07) is 4.24. The van der Waals surface area contributed by atoms with Crippen LogP contribution in [0.5, 0.6) is 11.5 Å². The second-order valence-electron chi connectivity index (χ2n) is 7.12. The first-order chi connectivity index (χ1) is 14.0. The van der Waals surface area contributed by atoms with E-state index in [1.54, 1.807) is 24.3 Å². The summed E-state index contributed by atoms with van der Waals surface area (Å²) >= 11 is 0. The Kier molecular flexibility index (Phi) is 6.74. The molecule has 2 aliphatic heterocycles. The number of carbonyl (C=O) groups is 3. The molecule has 2 N–H and O–H groups in total. The molecular weight excluding hydrogens is 374 g/mol. The first-order valence-corrected chi connectivity index (χ1v) is 9.90. The average molecular weight is 401 g/mol. The molecule has 0 radical (unpaired) electrons. The standard InChI is InChI=1S/C21H27N3O5/c1-3-9-22-21(27)19(14-7-10-24(11-8-14)18(25)4-2)23-20(26)15-5-6-16-17(12-15)29-13-28-16/h3,5-6,12,14,19H,1,4,7-11,13H2,2H3,(H,22,27)(H,23,26)/t19-/m0/s1. The third kappa shape index (κ3) is 4.88. The number of benzene rings is 1. The molecule has 1 aromatic rings. The highest BCUT2D eigenvalue weighted by atomic mass is 16.7. The predicted octanol–water partition coefficient (Wildman–Crippen LogP) is 1.46. The molecule has 3 amide bonds. The minimum Gasteiger partial charge on any atom is -0.454 e. The lowest BCUT2D eigenvalue weighted by Crippen LogP contribution is -2.53. The maximum Gasteiger partial charge on any atom is 0.252 e. The van der Waals surface area contributed by atoms with Gasteiger partial charge < -0.3 is 25.0 Å². The zero-order valence-electron chi connectivity index (χ0n) is 16.6. The Balaban J connectivity index is 1.70. The molecular formula is C21H27N3O5. The van der Waals surface area contributed by atoms with Gasteiger partial charge in [0.25, 0.3) is 5.91 Å². The fourth-order valence-corrected chi connectivity index (χ4v) is 3.65. The molecule has 156 valence electrons. The first-order valence-electron chi connectivity index (χ1n) is 9.90. The van der Waals surface area contributed by atoms with E-state index in [1.165, 1.54) is 0 Å². The Labute approximate surface area is 170 Å². The first kappa shape index (κ1) is 20.7. The zero-order valence-corrected chi connectivity index (χ0v) is 16.6. The molecule has 0 unspecified atom stereocenters. The smallest absolute Gasteiger partial charge is 0.252 e. The maximum atomic E-state index is 12.8. The lowest BCUT2D eigenvalue weighted by Gasteiger charge is -2.35. The van der Waals surface area contributed by atoms with Gasteiger partial charge in [0.1, 0.15) is 6.04 Å². The van der Waals surface area contributed by atoms with Gasteiger partial charge in [0.05, 0.1) is 0 Å². The fourth-order valence-electron chi connectivity index (χ4n) is 3.65. The molecule has 0 spiro atoms. The van der Waals surface area contributed by atoms with Gasteiger partial charge in [-0.2, -0.15) is 0 Å². The number of fused-ring (bicyclic) bond motifs is 1. The van der Waals surface area contributed by atoms with Crippen LogP contribution in [0.4, 0.5) is 0 Å². The molecule has 3 rings (SSSR count). The lowest BCUT2D eigenvalue weighted by atomic mass is 9.88. The van der Waals surface area contributed by atoms with Crippen LogP contribution < -0.4 is 20.1 Å². The molecule has 0 aromatic heterocycles. The van der Waals surface area contributed by atoms with Gasteiger partial charge in [0.2, 0.25) is 18.6 Å². The maximum absolute atomic E-state index is 12.8. The van der Waals surface area contributed by atoms with Crippen molar-refractivity contribution >= 4 is 17.7 Å². The Hall–Kier alpha value is -3.03. The fraction of sp³-hybridized carbons (Fsp3) is 0.476. The van der Waals surface area contributed by atoms with Crippen molar-refractivity contribution in [3.8, 4) is 11.5 Å². The monoisotopic (exact) mass is 401 g/mol. The number of carbonyl (C=O) groups excluding carboxylic acids is 3. The molecule has 1 saturated heterocycles. The van der Waals surface area contributed by atoms with Gasteiger partial charge in [-0.05, 0) is 37.0 Å². The summed E-state index contributed by atoms with van der Waals surface area (Å²) in [6.45, 7) is 7.07. The van der Waals surface area contributed by atoms with E-state index < -0.39 is 6.04 Å². The average Bonchev–Trinajstić information content (AvgIpc) is 3.23. The number of rotatable bonds is 7. The van der Waals surface area contributed by atoms with Crippen molar-refractivity contribution < 1.29 is 23.9 Å². The van der Waals surface area contributed by atoms with Crippen molar-refractivity contribution in [2.75, 3.05) is 26.4 Å². The summed E-state index contributed by atoms with van der Waals surface area (Å²) in [6.07, 6.45) is 3.37. The van der Waals surface area contributed by atoms with Crippen LogP contribution in [-0.4, -0.2) is 55.1 Å². The van der Waals surface area contributed by atoms with Gasteiger partial charge in [-0.15, -0.1) is 6.58 Å². The van der Waals surface area contributed by atoms with Crippen molar-refractivity contribution in [3.05, 3.63) is 36.4 Å². The third-order valence-corrected chi connectivity index (χ3v) is 5.29. The molecule has 1 fully saturated rings. The van der Waals surface area contributed by atoms with Crippen molar-refractivity contribution in [2.24, 2.45) is 5.92 Å². The number of nitrogens with one attached hydrogen (secondary N) is 2. The molecule has 1 atom stereocenters. The van der Waals surface area contributed by atoms with E-state index in [9.17, 15) is 14.4 Å². The van der Waals surface area contributed by atoms with Crippen LogP contribution in [0, 0.1) is 5.92 Å². The quantitative estimate of drug-likeness (QED) is 0.675. The van der Waals surface area contributed by atoms with Gasteiger partial charge in [0.15, 0.2) is 11.5 Å². The van der Waals surface area contributed by atoms with Crippen LogP contribution in [0.3, 0.4) is 0 Å². The topological polar surface area (TPSA) is 97.0 Å². The van der Waals surface area contributed by atoms with E-state index >= 15 is 0 Å². The van der Waals surface area contributed by atoms with Crippen LogP contribution in [0.2, 0.25) is 0 Å². The number of hydrogen-bond donors (Lipinski definition) is 2. The summed E-state index contributed by atoms with van der Waals surface area (Å²) in [5, 5.41) is 5.65. The highest BCUT2D eigenvalue weighted by Crippen LogP contribution is 2.32.